The monoisotopic (exact) mass is 899 g/mol. The topological polar surface area (TPSA) is 24.6 Å². The van der Waals surface area contributed by atoms with Crippen LogP contribution >= 0.6 is 11.3 Å². The van der Waals surface area contributed by atoms with Crippen molar-refractivity contribution in [1.82, 2.24) is 4.57 Å². The van der Waals surface area contributed by atoms with Gasteiger partial charge in [-0.25, -0.2) is 0 Å². The summed E-state index contributed by atoms with van der Waals surface area (Å²) in [4.78, 5) is 5.12. The predicted molar refractivity (Wildman–Crippen MR) is 294 cm³/mol. The smallest absolute Gasteiger partial charge is 0.252 e. The molecular weight excluding hydrogens is 846 g/mol. The molecule has 0 fully saturated rings. The minimum Gasteiger partial charge on any atom is -0.454 e. The van der Waals surface area contributed by atoms with Crippen LogP contribution in [0.15, 0.2) is 168 Å². The fourth-order valence-corrected chi connectivity index (χ4v) is 12.5. The summed E-state index contributed by atoms with van der Waals surface area (Å²) in [5.74, 6) is 0. The molecule has 2 aliphatic heterocycles. The van der Waals surface area contributed by atoms with Crippen molar-refractivity contribution >= 4 is 122 Å². The van der Waals surface area contributed by atoms with Crippen molar-refractivity contribution in [2.45, 2.75) is 78.6 Å². The molecule has 0 bridgehead atoms. The van der Waals surface area contributed by atoms with Gasteiger partial charge in [-0.2, -0.15) is 0 Å². The summed E-state index contributed by atoms with van der Waals surface area (Å²) in [6.07, 6.45) is 0. The zero-order valence-corrected chi connectivity index (χ0v) is 41.1. The highest BCUT2D eigenvalue weighted by atomic mass is 32.1. The molecule has 6 heteroatoms. The fourth-order valence-electron chi connectivity index (χ4n) is 11.3. The number of hydrogen-bond acceptors (Lipinski definition) is 4. The van der Waals surface area contributed by atoms with Crippen LogP contribution in [0.3, 0.4) is 0 Å². The molecule has 0 radical (unpaired) electrons. The lowest BCUT2D eigenvalue weighted by atomic mass is 9.33. The van der Waals surface area contributed by atoms with E-state index in [0.29, 0.717) is 0 Å². The van der Waals surface area contributed by atoms with Gasteiger partial charge in [-0.3, -0.25) is 0 Å². The molecule has 0 N–H and O–H groups in total. The third-order valence-corrected chi connectivity index (χ3v) is 16.0. The Bertz CT molecular complexity index is 3810. The zero-order chi connectivity index (χ0) is 46.6. The number of benzene rings is 8. The average molecular weight is 900 g/mol. The van der Waals surface area contributed by atoms with E-state index in [0.717, 1.165) is 44.5 Å². The van der Waals surface area contributed by atoms with Crippen molar-refractivity contribution in [3.8, 4) is 5.69 Å². The molecule has 0 unspecified atom stereocenters. The second-order valence-corrected chi connectivity index (χ2v) is 23.3. The number of furan rings is 1. The molecule has 11 aromatic rings. The molecule has 0 saturated heterocycles. The number of fused-ring (bicyclic) bond motifs is 12. The first-order valence-electron chi connectivity index (χ1n) is 24.1. The summed E-state index contributed by atoms with van der Waals surface area (Å²) in [6, 6.07) is 62.1. The molecule has 0 aliphatic carbocycles. The lowest BCUT2D eigenvalue weighted by molar-refractivity contribution is 0.590. The van der Waals surface area contributed by atoms with Crippen LogP contribution < -0.4 is 26.2 Å². The number of para-hydroxylation sites is 2. The highest BCUT2D eigenvalue weighted by Crippen LogP contribution is 2.50. The Kier molecular flexibility index (Phi) is 8.64. The summed E-state index contributed by atoms with van der Waals surface area (Å²) in [5, 5.41) is 4.83. The van der Waals surface area contributed by atoms with Crippen molar-refractivity contribution in [3.63, 3.8) is 0 Å². The Morgan fingerprint density at radius 1 is 0.456 bits per heavy atom. The first-order chi connectivity index (χ1) is 32.6. The van der Waals surface area contributed by atoms with Gasteiger partial charge < -0.3 is 18.8 Å². The van der Waals surface area contributed by atoms with E-state index in [1.165, 1.54) is 81.5 Å². The van der Waals surface area contributed by atoms with Crippen LogP contribution in [-0.2, 0) is 16.2 Å². The van der Waals surface area contributed by atoms with Crippen LogP contribution in [0.25, 0.3) is 58.8 Å². The highest BCUT2D eigenvalue weighted by molar-refractivity contribution is 7.26. The molecule has 68 heavy (non-hydrogen) atoms. The van der Waals surface area contributed by atoms with Gasteiger partial charge in [0.1, 0.15) is 11.1 Å². The molecule has 4 nitrogen and oxygen atoms in total. The SMILES string of the molecule is CC(C)(C)c1ccc(N(c2ccc(C(C)(C)C)cc2)c2cc3c4c(c2)-n2c5c(cccc5c5oc6ccccc6c52)B4c2ccc(C(C)(C)C)cc2N3c2cccc3sc4ccccc4c23)cc1. The van der Waals surface area contributed by atoms with E-state index in [-0.39, 0.29) is 23.0 Å². The molecule has 0 spiro atoms. The lowest BCUT2D eigenvalue weighted by Crippen LogP contribution is -2.60. The Morgan fingerprint density at radius 3 is 1.74 bits per heavy atom. The maximum atomic E-state index is 6.91. The van der Waals surface area contributed by atoms with Crippen LogP contribution in [-0.4, -0.2) is 11.3 Å². The number of anilines is 6. The normalized spacial score (nSPS) is 13.6. The minimum atomic E-state index is -0.0723. The second kappa shape index (κ2) is 14.3. The molecule has 0 atom stereocenters. The van der Waals surface area contributed by atoms with E-state index in [4.69, 9.17) is 4.42 Å². The Balaban J connectivity index is 1.20. The maximum absolute atomic E-state index is 6.91. The van der Waals surface area contributed by atoms with Crippen LogP contribution in [0.2, 0.25) is 0 Å². The van der Waals surface area contributed by atoms with Crippen molar-refractivity contribution < 1.29 is 4.42 Å². The van der Waals surface area contributed by atoms with Gasteiger partial charge in [-0.15, -0.1) is 11.3 Å². The quantitative estimate of drug-likeness (QED) is 0.165. The first kappa shape index (κ1) is 41.2. The van der Waals surface area contributed by atoms with Crippen LogP contribution in [0.1, 0.15) is 79.0 Å². The Labute approximate surface area is 403 Å². The number of rotatable bonds is 4. The van der Waals surface area contributed by atoms with E-state index in [9.17, 15) is 0 Å². The van der Waals surface area contributed by atoms with Gasteiger partial charge in [0.2, 0.25) is 0 Å². The molecule has 13 rings (SSSR count). The van der Waals surface area contributed by atoms with E-state index < -0.39 is 0 Å². The highest BCUT2D eigenvalue weighted by Gasteiger charge is 2.44. The molecule has 8 aromatic carbocycles. The molecule has 0 amide bonds. The number of thiophene rings is 1. The fraction of sp³-hybridized carbons (Fsp3) is 0.194. The van der Waals surface area contributed by atoms with Gasteiger partial charge >= 0.3 is 0 Å². The third-order valence-electron chi connectivity index (χ3n) is 14.8. The summed E-state index contributed by atoms with van der Waals surface area (Å²) in [7, 11) is 0. The average Bonchev–Trinajstić information content (AvgIpc) is 3.99. The van der Waals surface area contributed by atoms with Gasteiger partial charge in [0.15, 0.2) is 5.58 Å². The third kappa shape index (κ3) is 5.99. The Morgan fingerprint density at radius 2 is 1.04 bits per heavy atom. The summed E-state index contributed by atoms with van der Waals surface area (Å²) >= 11 is 1.88. The predicted octanol–water partition coefficient (Wildman–Crippen LogP) is 15.9. The van der Waals surface area contributed by atoms with Crippen LogP contribution in [0.5, 0.6) is 0 Å². The minimum absolute atomic E-state index is 0.0152. The van der Waals surface area contributed by atoms with Gasteiger partial charge in [-0.1, -0.05) is 147 Å². The molecule has 3 aromatic heterocycles. The summed E-state index contributed by atoms with van der Waals surface area (Å²) in [6.45, 7) is 20.7. The number of nitrogens with zero attached hydrogens (tertiary/aromatic N) is 3. The summed E-state index contributed by atoms with van der Waals surface area (Å²) < 4.78 is 12.0. The van der Waals surface area contributed by atoms with Crippen molar-refractivity contribution in [2.24, 2.45) is 0 Å². The second-order valence-electron chi connectivity index (χ2n) is 22.2. The van der Waals surface area contributed by atoms with Crippen molar-refractivity contribution in [3.05, 3.63) is 180 Å². The van der Waals surface area contributed by atoms with Gasteiger partial charge in [0, 0.05) is 59.4 Å². The molecule has 332 valence electrons. The van der Waals surface area contributed by atoms with E-state index in [2.05, 4.69) is 240 Å². The van der Waals surface area contributed by atoms with Gasteiger partial charge in [-0.05, 0) is 128 Å². The molecule has 0 saturated carbocycles. The van der Waals surface area contributed by atoms with E-state index >= 15 is 0 Å². The molecule has 5 heterocycles. The van der Waals surface area contributed by atoms with E-state index in [1.807, 2.05) is 11.3 Å². The van der Waals surface area contributed by atoms with Gasteiger partial charge in [0.05, 0.1) is 16.9 Å². The first-order valence-corrected chi connectivity index (χ1v) is 24.9. The molecule has 2 aliphatic rings. The standard InChI is InChI=1S/C62H54BN3OS/c1-60(2,3)37-24-29-40(30-25-37)64(41-31-26-38(27-32-41)61(4,5)6)42-35-50-56-51(36-42)66-57-45(59-58(66)43-16-10-12-21-52(43)67-59)18-14-19-47(57)63(56)46-33-28-39(62(7,8)9)34-49(46)65(50)48-20-15-23-54-55(48)44-17-11-13-22-53(44)68-54/h10-36H,1-9H3. The van der Waals surface area contributed by atoms with Crippen molar-refractivity contribution in [1.29, 1.82) is 0 Å². The lowest BCUT2D eigenvalue weighted by Gasteiger charge is -2.42. The van der Waals surface area contributed by atoms with Crippen LogP contribution in [0.4, 0.5) is 34.1 Å². The number of aromatic nitrogens is 1. The molecular formula is C62H54BN3OS. The Hall–Kier alpha value is -7.02. The zero-order valence-electron chi connectivity index (χ0n) is 40.3. The van der Waals surface area contributed by atoms with Crippen molar-refractivity contribution in [2.75, 3.05) is 9.80 Å². The van der Waals surface area contributed by atoms with E-state index in [1.54, 1.807) is 0 Å². The van der Waals surface area contributed by atoms with Gasteiger partial charge in [0.25, 0.3) is 6.71 Å². The number of hydrogen-bond donors (Lipinski definition) is 0. The maximum Gasteiger partial charge on any atom is 0.252 e. The summed E-state index contributed by atoms with van der Waals surface area (Å²) in [5.41, 5.74) is 20.0. The largest absolute Gasteiger partial charge is 0.454 e. The van der Waals surface area contributed by atoms with Crippen LogP contribution in [0, 0.1) is 0 Å².